The summed E-state index contributed by atoms with van der Waals surface area (Å²) in [6.45, 7) is 8.44. The first-order valence-corrected chi connectivity index (χ1v) is 11.5. The minimum Gasteiger partial charge on any atom is -0.462 e. The Hall–Kier alpha value is -2.91. The lowest BCUT2D eigenvalue weighted by molar-refractivity contribution is -0.112. The number of carbonyl (C=O) groups is 2. The van der Waals surface area contributed by atoms with Crippen molar-refractivity contribution in [2.45, 2.75) is 52.9 Å². The van der Waals surface area contributed by atoms with Gasteiger partial charge in [-0.15, -0.1) is 11.3 Å². The summed E-state index contributed by atoms with van der Waals surface area (Å²) >= 11 is 1.42. The van der Waals surface area contributed by atoms with Crippen LogP contribution in [0.4, 0.5) is 5.00 Å². The van der Waals surface area contributed by atoms with Crippen molar-refractivity contribution < 1.29 is 14.3 Å². The van der Waals surface area contributed by atoms with Gasteiger partial charge in [0.2, 0.25) is 0 Å². The summed E-state index contributed by atoms with van der Waals surface area (Å²) in [6.07, 6.45) is 4.24. The molecule has 5 nitrogen and oxygen atoms in total. The molecule has 0 saturated heterocycles. The van der Waals surface area contributed by atoms with Gasteiger partial charge >= 0.3 is 5.97 Å². The van der Waals surface area contributed by atoms with Crippen molar-refractivity contribution in [3.8, 4) is 6.07 Å². The number of hydrogen-bond donors (Lipinski definition) is 1. The van der Waals surface area contributed by atoms with Crippen LogP contribution in [0.15, 0.2) is 29.8 Å². The van der Waals surface area contributed by atoms with Crippen LogP contribution < -0.4 is 5.32 Å². The molecule has 0 aliphatic heterocycles. The van der Waals surface area contributed by atoms with Crippen LogP contribution in [-0.2, 0) is 22.4 Å². The van der Waals surface area contributed by atoms with Crippen LogP contribution in [0.5, 0.6) is 0 Å². The molecule has 1 atom stereocenters. The van der Waals surface area contributed by atoms with Gasteiger partial charge in [0.15, 0.2) is 0 Å². The van der Waals surface area contributed by atoms with Gasteiger partial charge in [-0.25, -0.2) is 4.79 Å². The standard InChI is InChI=1S/C25H28N2O3S/c1-5-30-25(29)22-20-11-6-16(4)12-21(20)31-24(22)27-23(28)19(14-26)13-17-7-9-18(10-8-17)15(2)3/h7-10,13,15-16H,5-6,11-12H2,1-4H3,(H,27,28)/b19-13+/t16-/m1/s1. The van der Waals surface area contributed by atoms with Crippen LogP contribution in [-0.4, -0.2) is 18.5 Å². The minimum absolute atomic E-state index is 0.00755. The number of amides is 1. The predicted molar refractivity (Wildman–Crippen MR) is 124 cm³/mol. The van der Waals surface area contributed by atoms with E-state index < -0.39 is 11.9 Å². The molecule has 3 rings (SSSR count). The number of nitrogens with zero attached hydrogens (tertiary/aromatic N) is 1. The van der Waals surface area contributed by atoms with Gasteiger partial charge in [0, 0.05) is 4.88 Å². The molecule has 1 heterocycles. The maximum atomic E-state index is 12.9. The predicted octanol–water partition coefficient (Wildman–Crippen LogP) is 5.72. The van der Waals surface area contributed by atoms with E-state index in [1.54, 1.807) is 13.0 Å². The van der Waals surface area contributed by atoms with Gasteiger partial charge in [-0.05, 0) is 60.8 Å². The third kappa shape index (κ3) is 5.23. The quantitative estimate of drug-likeness (QED) is 0.357. The lowest BCUT2D eigenvalue weighted by Crippen LogP contribution is -2.17. The van der Waals surface area contributed by atoms with Gasteiger partial charge in [0.1, 0.15) is 16.6 Å². The lowest BCUT2D eigenvalue weighted by Gasteiger charge is -2.18. The van der Waals surface area contributed by atoms with E-state index in [0.717, 1.165) is 35.3 Å². The highest BCUT2D eigenvalue weighted by molar-refractivity contribution is 7.17. The summed E-state index contributed by atoms with van der Waals surface area (Å²) in [5.74, 6) is 0.00279. The highest BCUT2D eigenvalue weighted by Gasteiger charge is 2.29. The number of thiophene rings is 1. The second-order valence-corrected chi connectivity index (χ2v) is 9.33. The molecule has 162 valence electrons. The molecule has 2 aromatic rings. The number of hydrogen-bond acceptors (Lipinski definition) is 5. The summed E-state index contributed by atoms with van der Waals surface area (Å²) < 4.78 is 5.25. The van der Waals surface area contributed by atoms with Crippen molar-refractivity contribution in [3.05, 3.63) is 57.0 Å². The Balaban J connectivity index is 1.89. The van der Waals surface area contributed by atoms with E-state index in [9.17, 15) is 14.9 Å². The molecule has 0 fully saturated rings. The first-order valence-electron chi connectivity index (χ1n) is 10.7. The molecule has 0 saturated carbocycles. The molecule has 0 bridgehead atoms. The normalized spacial score (nSPS) is 15.9. The Bertz CT molecular complexity index is 1040. The minimum atomic E-state index is -0.521. The molecule has 0 radical (unpaired) electrons. The van der Waals surface area contributed by atoms with E-state index in [1.807, 2.05) is 30.3 Å². The van der Waals surface area contributed by atoms with Gasteiger partial charge in [-0.3, -0.25) is 4.79 Å². The molecule has 1 aliphatic carbocycles. The Kier molecular flexibility index (Phi) is 7.29. The third-order valence-corrected chi connectivity index (χ3v) is 6.67. The monoisotopic (exact) mass is 436 g/mol. The highest BCUT2D eigenvalue weighted by atomic mass is 32.1. The number of fused-ring (bicyclic) bond motifs is 1. The first-order chi connectivity index (χ1) is 14.8. The molecule has 1 aromatic carbocycles. The second kappa shape index (κ2) is 9.93. The average Bonchev–Trinajstić information content (AvgIpc) is 3.09. The van der Waals surface area contributed by atoms with Gasteiger partial charge in [0.25, 0.3) is 5.91 Å². The summed E-state index contributed by atoms with van der Waals surface area (Å²) in [5, 5.41) is 12.9. The SMILES string of the molecule is CCOC(=O)c1c(NC(=O)/C(C#N)=C/c2ccc(C(C)C)cc2)sc2c1CC[C@@H](C)C2. The fourth-order valence-electron chi connectivity index (χ4n) is 3.72. The van der Waals surface area contributed by atoms with Gasteiger partial charge in [-0.1, -0.05) is 45.0 Å². The largest absolute Gasteiger partial charge is 0.462 e. The van der Waals surface area contributed by atoms with Crippen LogP contribution in [0, 0.1) is 17.2 Å². The molecule has 0 unspecified atom stereocenters. The molecular formula is C25H28N2O3S. The Morgan fingerprint density at radius 3 is 2.65 bits per heavy atom. The number of anilines is 1. The number of benzene rings is 1. The van der Waals surface area contributed by atoms with Gasteiger partial charge in [0.05, 0.1) is 12.2 Å². The maximum absolute atomic E-state index is 12.9. The van der Waals surface area contributed by atoms with Crippen LogP contribution in [0.25, 0.3) is 6.08 Å². The van der Waals surface area contributed by atoms with E-state index in [0.29, 0.717) is 22.4 Å². The molecule has 1 aromatic heterocycles. The topological polar surface area (TPSA) is 79.2 Å². The summed E-state index contributed by atoms with van der Waals surface area (Å²) in [5.41, 5.74) is 3.38. The Morgan fingerprint density at radius 2 is 2.03 bits per heavy atom. The fourth-order valence-corrected chi connectivity index (χ4v) is 5.11. The van der Waals surface area contributed by atoms with Crippen molar-refractivity contribution >= 4 is 34.3 Å². The average molecular weight is 437 g/mol. The lowest BCUT2D eigenvalue weighted by atomic mass is 9.88. The first kappa shape index (κ1) is 22.8. The maximum Gasteiger partial charge on any atom is 0.341 e. The van der Waals surface area contributed by atoms with Crippen molar-refractivity contribution in [2.75, 3.05) is 11.9 Å². The highest BCUT2D eigenvalue weighted by Crippen LogP contribution is 2.40. The van der Waals surface area contributed by atoms with Gasteiger partial charge in [-0.2, -0.15) is 5.26 Å². The summed E-state index contributed by atoms with van der Waals surface area (Å²) in [7, 11) is 0. The zero-order valence-corrected chi connectivity index (χ0v) is 19.3. The number of carbonyl (C=O) groups excluding carboxylic acids is 2. The second-order valence-electron chi connectivity index (χ2n) is 8.22. The van der Waals surface area contributed by atoms with Gasteiger partial charge < -0.3 is 10.1 Å². The number of nitriles is 1. The van der Waals surface area contributed by atoms with Crippen molar-refractivity contribution in [1.82, 2.24) is 0 Å². The number of ether oxygens (including phenoxy) is 1. The number of nitrogens with one attached hydrogen (secondary N) is 1. The van der Waals surface area contributed by atoms with E-state index >= 15 is 0 Å². The van der Waals surface area contributed by atoms with Crippen LogP contribution >= 0.6 is 11.3 Å². The van der Waals surface area contributed by atoms with Crippen molar-refractivity contribution in [1.29, 1.82) is 5.26 Å². The molecule has 1 aliphatic rings. The van der Waals surface area contributed by atoms with Crippen molar-refractivity contribution in [2.24, 2.45) is 5.92 Å². The van der Waals surface area contributed by atoms with Crippen LogP contribution in [0.2, 0.25) is 0 Å². The Morgan fingerprint density at radius 1 is 1.32 bits per heavy atom. The smallest absolute Gasteiger partial charge is 0.341 e. The molecular weight excluding hydrogens is 408 g/mol. The number of rotatable bonds is 6. The number of esters is 1. The van der Waals surface area contributed by atoms with Crippen LogP contribution in [0.1, 0.15) is 72.0 Å². The van der Waals surface area contributed by atoms with Crippen molar-refractivity contribution in [3.63, 3.8) is 0 Å². The molecule has 0 spiro atoms. The summed E-state index contributed by atoms with van der Waals surface area (Å²) in [4.78, 5) is 26.6. The molecule has 1 amide bonds. The summed E-state index contributed by atoms with van der Waals surface area (Å²) in [6, 6.07) is 9.78. The molecule has 6 heteroatoms. The molecule has 31 heavy (non-hydrogen) atoms. The fraction of sp³-hybridized carbons (Fsp3) is 0.400. The zero-order chi connectivity index (χ0) is 22.5. The zero-order valence-electron chi connectivity index (χ0n) is 18.5. The van der Waals surface area contributed by atoms with E-state index in [1.165, 1.54) is 16.9 Å². The van der Waals surface area contributed by atoms with Crippen LogP contribution in [0.3, 0.4) is 0 Å². The molecule has 1 N–H and O–H groups in total. The van der Waals surface area contributed by atoms with E-state index in [-0.39, 0.29) is 12.2 Å². The Labute approximate surface area is 187 Å². The van der Waals surface area contributed by atoms with E-state index in [2.05, 4.69) is 26.1 Å². The van der Waals surface area contributed by atoms with E-state index in [4.69, 9.17) is 4.74 Å². The third-order valence-electron chi connectivity index (χ3n) is 5.50.